The van der Waals surface area contributed by atoms with E-state index in [1.807, 2.05) is 19.2 Å². The van der Waals surface area contributed by atoms with Gasteiger partial charge in [0.25, 0.3) is 0 Å². The first kappa shape index (κ1) is 21.6. The fraction of sp³-hybridized carbons (Fsp3) is 0.391. The van der Waals surface area contributed by atoms with Crippen molar-refractivity contribution in [2.75, 3.05) is 27.2 Å². The Hall–Kier alpha value is -2.66. The Morgan fingerprint density at radius 2 is 1.43 bits per heavy atom. The average Bonchev–Trinajstić information content (AvgIpc) is 2.68. The first-order chi connectivity index (χ1) is 13.3. The van der Waals surface area contributed by atoms with Gasteiger partial charge in [-0.25, -0.2) is 9.59 Å². The number of carbonyl (C=O) groups excluding carboxylic acids is 2. The topological polar surface area (TPSA) is 55.8 Å². The average molecular weight is 383 g/mol. The normalized spacial score (nSPS) is 11.5. The molecule has 2 rings (SSSR count). The molecule has 0 bridgehead atoms. The molecule has 0 spiro atoms. The van der Waals surface area contributed by atoms with Crippen LogP contribution in [0.3, 0.4) is 0 Å². The molecule has 0 aliphatic carbocycles. The maximum Gasteiger partial charge on any atom is 0.418 e. The van der Waals surface area contributed by atoms with Crippen molar-refractivity contribution >= 4 is 11.9 Å². The zero-order chi connectivity index (χ0) is 20.6. The third kappa shape index (κ3) is 6.50. The molecule has 0 aromatic heterocycles. The quantitative estimate of drug-likeness (QED) is 0.515. The second-order valence-corrected chi connectivity index (χ2v) is 7.54. The number of hydrogen-bond acceptors (Lipinski definition) is 5. The molecule has 0 saturated heterocycles. The maximum absolute atomic E-state index is 11.7. The fourth-order valence-electron chi connectivity index (χ4n) is 3.38. The van der Waals surface area contributed by atoms with E-state index in [0.29, 0.717) is 6.54 Å². The third-order valence-electron chi connectivity index (χ3n) is 4.58. The number of esters is 2. The van der Waals surface area contributed by atoms with Crippen molar-refractivity contribution in [2.24, 2.45) is 0 Å². The first-order valence-electron chi connectivity index (χ1n) is 9.42. The lowest BCUT2D eigenvalue weighted by Crippen LogP contribution is -2.42. The number of nitrogens with zero attached hydrogens (tertiary/aromatic N) is 1. The van der Waals surface area contributed by atoms with Crippen molar-refractivity contribution in [1.82, 2.24) is 4.90 Å². The summed E-state index contributed by atoms with van der Waals surface area (Å²) in [5, 5.41) is 0. The Kier molecular flexibility index (Phi) is 7.76. The molecule has 0 N–H and O–H groups in total. The van der Waals surface area contributed by atoms with Crippen LogP contribution in [-0.4, -0.2) is 49.7 Å². The summed E-state index contributed by atoms with van der Waals surface area (Å²) >= 11 is 0. The molecule has 5 nitrogen and oxygen atoms in total. The second-order valence-electron chi connectivity index (χ2n) is 7.54. The fourth-order valence-corrected chi connectivity index (χ4v) is 3.38. The molecule has 0 radical (unpaired) electrons. The molecular weight excluding hydrogens is 354 g/mol. The molecule has 2 aromatic carbocycles. The lowest BCUT2D eigenvalue weighted by Gasteiger charge is -2.30. The highest BCUT2D eigenvalue weighted by atomic mass is 16.6. The molecule has 0 heterocycles. The molecule has 0 fully saturated rings. The smallest absolute Gasteiger partial charge is 0.418 e. The number of rotatable bonds is 8. The van der Waals surface area contributed by atoms with Crippen molar-refractivity contribution < 1.29 is 19.1 Å². The molecule has 0 unspecified atom stereocenters. The largest absolute Gasteiger partial charge is 0.461 e. The van der Waals surface area contributed by atoms with Crippen molar-refractivity contribution in [3.8, 4) is 0 Å². The third-order valence-corrected chi connectivity index (χ3v) is 4.58. The van der Waals surface area contributed by atoms with Gasteiger partial charge in [0.1, 0.15) is 5.60 Å². The van der Waals surface area contributed by atoms with E-state index in [1.54, 1.807) is 13.8 Å². The van der Waals surface area contributed by atoms with Gasteiger partial charge in [0.15, 0.2) is 0 Å². The van der Waals surface area contributed by atoms with Crippen molar-refractivity contribution in [1.29, 1.82) is 0 Å². The Labute approximate surface area is 167 Å². The Balaban J connectivity index is 2.00. The number of benzene rings is 2. The number of hydrogen-bond donors (Lipinski definition) is 0. The highest BCUT2D eigenvalue weighted by Gasteiger charge is 2.29. The summed E-state index contributed by atoms with van der Waals surface area (Å²) in [6, 6.07) is 20.9. The zero-order valence-electron chi connectivity index (χ0n) is 17.1. The van der Waals surface area contributed by atoms with Crippen molar-refractivity contribution in [2.45, 2.75) is 31.8 Å². The van der Waals surface area contributed by atoms with Crippen LogP contribution in [0.25, 0.3) is 0 Å². The summed E-state index contributed by atoms with van der Waals surface area (Å²) in [6.07, 6.45) is 0.922. The van der Waals surface area contributed by atoms with Gasteiger partial charge < -0.3 is 14.4 Å². The van der Waals surface area contributed by atoms with Crippen LogP contribution in [0, 0.1) is 0 Å². The molecule has 5 heteroatoms. The molecule has 28 heavy (non-hydrogen) atoms. The molecule has 150 valence electrons. The Morgan fingerprint density at radius 3 is 1.89 bits per heavy atom. The van der Waals surface area contributed by atoms with Gasteiger partial charge in [-0.2, -0.15) is 0 Å². The molecule has 0 aliphatic heterocycles. The summed E-state index contributed by atoms with van der Waals surface area (Å²) in [7, 11) is 3.15. The molecular formula is C23H29NO4. The molecule has 0 saturated carbocycles. The lowest BCUT2D eigenvalue weighted by atomic mass is 9.88. The summed E-state index contributed by atoms with van der Waals surface area (Å²) in [6.45, 7) is 4.89. The SMILES string of the molecule is COC(=O)C(=O)OC(C)(C)CN(C)CCC(c1ccccc1)c1ccccc1. The molecule has 0 amide bonds. The van der Waals surface area contributed by atoms with E-state index in [0.717, 1.165) is 20.1 Å². The second kappa shape index (κ2) is 10.0. The van der Waals surface area contributed by atoms with Crippen LogP contribution in [0.15, 0.2) is 60.7 Å². The van der Waals surface area contributed by atoms with Crippen LogP contribution in [0.5, 0.6) is 0 Å². The van der Waals surface area contributed by atoms with Gasteiger partial charge in [-0.15, -0.1) is 0 Å². The summed E-state index contributed by atoms with van der Waals surface area (Å²) < 4.78 is 9.69. The number of ether oxygens (including phenoxy) is 2. The monoisotopic (exact) mass is 383 g/mol. The van der Waals surface area contributed by atoms with Gasteiger partial charge in [-0.05, 0) is 45.0 Å². The Bertz CT molecular complexity index is 719. The first-order valence-corrected chi connectivity index (χ1v) is 9.42. The highest BCUT2D eigenvalue weighted by Crippen LogP contribution is 2.28. The lowest BCUT2D eigenvalue weighted by molar-refractivity contribution is -0.175. The maximum atomic E-state index is 11.7. The van der Waals surface area contributed by atoms with E-state index in [4.69, 9.17) is 4.74 Å². The van der Waals surface area contributed by atoms with Crippen LogP contribution < -0.4 is 0 Å². The van der Waals surface area contributed by atoms with Gasteiger partial charge in [0.2, 0.25) is 0 Å². The van der Waals surface area contributed by atoms with E-state index < -0.39 is 17.5 Å². The summed E-state index contributed by atoms with van der Waals surface area (Å²) in [4.78, 5) is 25.1. The summed E-state index contributed by atoms with van der Waals surface area (Å²) in [5.41, 5.74) is 1.76. The van der Waals surface area contributed by atoms with E-state index in [-0.39, 0.29) is 5.92 Å². The molecule has 2 aromatic rings. The Morgan fingerprint density at radius 1 is 0.929 bits per heavy atom. The minimum atomic E-state index is -0.982. The number of methoxy groups -OCH3 is 1. The van der Waals surface area contributed by atoms with Crippen LogP contribution in [-0.2, 0) is 19.1 Å². The molecule has 0 atom stereocenters. The minimum Gasteiger partial charge on any atom is -0.461 e. The van der Waals surface area contributed by atoms with Gasteiger partial charge in [0.05, 0.1) is 7.11 Å². The van der Waals surface area contributed by atoms with E-state index in [2.05, 4.69) is 58.2 Å². The minimum absolute atomic E-state index is 0.283. The predicted molar refractivity (Wildman–Crippen MR) is 109 cm³/mol. The summed E-state index contributed by atoms with van der Waals surface area (Å²) in [5.74, 6) is -1.66. The highest BCUT2D eigenvalue weighted by molar-refractivity contribution is 6.29. The number of carbonyl (C=O) groups is 2. The van der Waals surface area contributed by atoms with E-state index in [1.165, 1.54) is 11.1 Å². The predicted octanol–water partition coefficient (Wildman–Crippen LogP) is 3.64. The van der Waals surface area contributed by atoms with Crippen LogP contribution in [0.4, 0.5) is 0 Å². The van der Waals surface area contributed by atoms with Gasteiger partial charge >= 0.3 is 11.9 Å². The van der Waals surface area contributed by atoms with E-state index >= 15 is 0 Å². The van der Waals surface area contributed by atoms with E-state index in [9.17, 15) is 9.59 Å². The van der Waals surface area contributed by atoms with Gasteiger partial charge in [0, 0.05) is 12.5 Å². The number of likely N-dealkylation sites (N-methyl/N-ethyl adjacent to an activating group) is 1. The van der Waals surface area contributed by atoms with Gasteiger partial charge in [-0.1, -0.05) is 60.7 Å². The zero-order valence-corrected chi connectivity index (χ0v) is 17.1. The van der Waals surface area contributed by atoms with Crippen LogP contribution in [0.2, 0.25) is 0 Å². The van der Waals surface area contributed by atoms with Crippen LogP contribution >= 0.6 is 0 Å². The van der Waals surface area contributed by atoms with Crippen molar-refractivity contribution in [3.63, 3.8) is 0 Å². The standard InChI is InChI=1S/C23H29NO4/c1-23(2,28-22(26)21(25)27-4)17-24(3)16-15-20(18-11-7-5-8-12-18)19-13-9-6-10-14-19/h5-14,20H,15-17H2,1-4H3. The molecule has 0 aliphatic rings. The van der Waals surface area contributed by atoms with Crippen LogP contribution in [0.1, 0.15) is 37.3 Å². The van der Waals surface area contributed by atoms with Crippen molar-refractivity contribution in [3.05, 3.63) is 71.8 Å². The van der Waals surface area contributed by atoms with Gasteiger partial charge in [-0.3, -0.25) is 0 Å².